The van der Waals surface area contributed by atoms with Crippen LogP contribution in [0.4, 0.5) is 13.2 Å². The van der Waals surface area contributed by atoms with Crippen LogP contribution in [0.2, 0.25) is 0 Å². The van der Waals surface area contributed by atoms with Gasteiger partial charge in [0.2, 0.25) is 5.91 Å². The number of carbonyl (C=O) groups is 1. The number of likely N-dealkylation sites (N-methyl/N-ethyl adjacent to an activating group) is 1. The SMILES string of the molecule is CNCC(=O)NCCOc1cccc(C(F)(F)F)c1. The summed E-state index contributed by atoms with van der Waals surface area (Å²) in [6.45, 7) is 0.525. The molecule has 0 aromatic heterocycles. The first-order valence-electron chi connectivity index (χ1n) is 5.65. The van der Waals surface area contributed by atoms with Crippen molar-refractivity contribution in [2.75, 3.05) is 26.7 Å². The van der Waals surface area contributed by atoms with E-state index in [1.54, 1.807) is 7.05 Å². The summed E-state index contributed by atoms with van der Waals surface area (Å²) in [5, 5.41) is 5.22. The van der Waals surface area contributed by atoms with Crippen molar-refractivity contribution in [3.8, 4) is 5.75 Å². The monoisotopic (exact) mass is 276 g/mol. The lowest BCUT2D eigenvalue weighted by Gasteiger charge is -2.10. The van der Waals surface area contributed by atoms with Crippen molar-refractivity contribution in [3.05, 3.63) is 29.8 Å². The average Bonchev–Trinajstić information content (AvgIpc) is 2.34. The largest absolute Gasteiger partial charge is 0.492 e. The molecule has 0 aliphatic heterocycles. The van der Waals surface area contributed by atoms with Gasteiger partial charge in [-0.05, 0) is 25.2 Å². The molecular weight excluding hydrogens is 261 g/mol. The third-order valence-electron chi connectivity index (χ3n) is 2.19. The quantitative estimate of drug-likeness (QED) is 0.773. The van der Waals surface area contributed by atoms with E-state index in [9.17, 15) is 18.0 Å². The topological polar surface area (TPSA) is 50.4 Å². The van der Waals surface area contributed by atoms with Crippen LogP contribution in [0.25, 0.3) is 0 Å². The lowest BCUT2D eigenvalue weighted by molar-refractivity contribution is -0.137. The Morgan fingerprint density at radius 2 is 2.11 bits per heavy atom. The van der Waals surface area contributed by atoms with Gasteiger partial charge in [0, 0.05) is 0 Å². The summed E-state index contributed by atoms with van der Waals surface area (Å²) in [7, 11) is 1.64. The number of amides is 1. The van der Waals surface area contributed by atoms with Gasteiger partial charge in [0.25, 0.3) is 0 Å². The van der Waals surface area contributed by atoms with Crippen molar-refractivity contribution in [3.63, 3.8) is 0 Å². The predicted molar refractivity (Wildman–Crippen MR) is 63.9 cm³/mol. The Bertz CT molecular complexity index is 422. The van der Waals surface area contributed by atoms with Gasteiger partial charge in [-0.2, -0.15) is 13.2 Å². The highest BCUT2D eigenvalue weighted by Crippen LogP contribution is 2.31. The fraction of sp³-hybridized carbons (Fsp3) is 0.417. The van der Waals surface area contributed by atoms with E-state index < -0.39 is 11.7 Å². The Balaban J connectivity index is 2.40. The summed E-state index contributed by atoms with van der Waals surface area (Å²) in [6.07, 6.45) is -4.39. The van der Waals surface area contributed by atoms with E-state index in [-0.39, 0.29) is 31.4 Å². The Kier molecular flexibility index (Phi) is 5.62. The van der Waals surface area contributed by atoms with Gasteiger partial charge in [-0.1, -0.05) is 6.07 Å². The van der Waals surface area contributed by atoms with Crippen LogP contribution >= 0.6 is 0 Å². The standard InChI is InChI=1S/C12H15F3N2O2/c1-16-8-11(18)17-5-6-19-10-4-2-3-9(7-10)12(13,14)15/h2-4,7,16H,5-6,8H2,1H3,(H,17,18). The molecule has 0 saturated heterocycles. The number of halogens is 3. The fourth-order valence-electron chi connectivity index (χ4n) is 1.34. The van der Waals surface area contributed by atoms with Gasteiger partial charge < -0.3 is 15.4 Å². The van der Waals surface area contributed by atoms with Gasteiger partial charge in [-0.15, -0.1) is 0 Å². The number of benzene rings is 1. The van der Waals surface area contributed by atoms with Gasteiger partial charge >= 0.3 is 6.18 Å². The summed E-state index contributed by atoms with van der Waals surface area (Å²) in [4.78, 5) is 11.1. The predicted octanol–water partition coefficient (Wildman–Crippen LogP) is 1.42. The van der Waals surface area contributed by atoms with E-state index in [1.165, 1.54) is 12.1 Å². The molecular formula is C12H15F3N2O2. The Morgan fingerprint density at radius 3 is 2.74 bits per heavy atom. The number of rotatable bonds is 6. The van der Waals surface area contributed by atoms with Crippen LogP contribution in [0.1, 0.15) is 5.56 Å². The van der Waals surface area contributed by atoms with E-state index in [2.05, 4.69) is 10.6 Å². The molecule has 0 aliphatic carbocycles. The summed E-state index contributed by atoms with van der Waals surface area (Å²) in [6, 6.07) is 4.61. The molecule has 0 heterocycles. The van der Waals surface area contributed by atoms with Crippen LogP contribution in [0, 0.1) is 0 Å². The number of ether oxygens (including phenoxy) is 1. The molecule has 0 radical (unpaired) electrons. The Labute approximate surface area is 108 Å². The first-order valence-corrected chi connectivity index (χ1v) is 5.65. The number of alkyl halides is 3. The number of carbonyl (C=O) groups excluding carboxylic acids is 1. The second-order valence-electron chi connectivity index (χ2n) is 3.75. The maximum atomic E-state index is 12.4. The molecule has 7 heteroatoms. The molecule has 106 valence electrons. The lowest BCUT2D eigenvalue weighted by Crippen LogP contribution is -2.34. The highest BCUT2D eigenvalue weighted by atomic mass is 19.4. The highest BCUT2D eigenvalue weighted by Gasteiger charge is 2.30. The van der Waals surface area contributed by atoms with Crippen LogP contribution in [0.3, 0.4) is 0 Å². The molecule has 19 heavy (non-hydrogen) atoms. The van der Waals surface area contributed by atoms with Crippen LogP contribution < -0.4 is 15.4 Å². The van der Waals surface area contributed by atoms with E-state index in [0.29, 0.717) is 0 Å². The van der Waals surface area contributed by atoms with Crippen LogP contribution in [0.15, 0.2) is 24.3 Å². The zero-order chi connectivity index (χ0) is 14.3. The van der Waals surface area contributed by atoms with Crippen molar-refractivity contribution in [1.29, 1.82) is 0 Å². The minimum absolute atomic E-state index is 0.108. The molecule has 0 spiro atoms. The second kappa shape index (κ2) is 6.98. The van der Waals surface area contributed by atoms with Gasteiger partial charge in [0.05, 0.1) is 18.7 Å². The lowest BCUT2D eigenvalue weighted by atomic mass is 10.2. The summed E-state index contributed by atoms with van der Waals surface area (Å²) in [5.41, 5.74) is -0.760. The Morgan fingerprint density at radius 1 is 1.37 bits per heavy atom. The normalized spacial score (nSPS) is 11.2. The van der Waals surface area contributed by atoms with Gasteiger partial charge in [0.15, 0.2) is 0 Å². The molecule has 1 aromatic rings. The number of hydrogen-bond donors (Lipinski definition) is 2. The Hall–Kier alpha value is -1.76. The minimum Gasteiger partial charge on any atom is -0.492 e. The molecule has 0 atom stereocenters. The van der Waals surface area contributed by atoms with Crippen molar-refractivity contribution in [1.82, 2.24) is 10.6 Å². The minimum atomic E-state index is -4.39. The number of nitrogens with one attached hydrogen (secondary N) is 2. The van der Waals surface area contributed by atoms with E-state index >= 15 is 0 Å². The van der Waals surface area contributed by atoms with Crippen molar-refractivity contribution < 1.29 is 22.7 Å². The third-order valence-corrected chi connectivity index (χ3v) is 2.19. The van der Waals surface area contributed by atoms with Gasteiger partial charge in [-0.3, -0.25) is 4.79 Å². The van der Waals surface area contributed by atoms with Crippen LogP contribution in [-0.4, -0.2) is 32.7 Å². The molecule has 1 rings (SSSR count). The first-order chi connectivity index (χ1) is 8.93. The molecule has 4 nitrogen and oxygen atoms in total. The van der Waals surface area contributed by atoms with Crippen molar-refractivity contribution in [2.24, 2.45) is 0 Å². The summed E-state index contributed by atoms with van der Waals surface area (Å²) >= 11 is 0. The summed E-state index contributed by atoms with van der Waals surface area (Å²) < 4.78 is 42.4. The molecule has 1 amide bonds. The number of hydrogen-bond acceptors (Lipinski definition) is 3. The zero-order valence-corrected chi connectivity index (χ0v) is 10.4. The second-order valence-corrected chi connectivity index (χ2v) is 3.75. The maximum Gasteiger partial charge on any atom is 0.416 e. The molecule has 0 fully saturated rings. The van der Waals surface area contributed by atoms with Gasteiger partial charge in [0.1, 0.15) is 12.4 Å². The molecule has 0 unspecified atom stereocenters. The zero-order valence-electron chi connectivity index (χ0n) is 10.4. The third kappa shape index (κ3) is 5.60. The maximum absolute atomic E-state index is 12.4. The van der Waals surface area contributed by atoms with E-state index in [4.69, 9.17) is 4.74 Å². The molecule has 0 saturated carbocycles. The van der Waals surface area contributed by atoms with Crippen molar-refractivity contribution in [2.45, 2.75) is 6.18 Å². The molecule has 1 aromatic carbocycles. The van der Waals surface area contributed by atoms with Crippen LogP contribution in [0.5, 0.6) is 5.75 Å². The molecule has 0 bridgehead atoms. The van der Waals surface area contributed by atoms with Gasteiger partial charge in [-0.25, -0.2) is 0 Å². The van der Waals surface area contributed by atoms with Crippen molar-refractivity contribution >= 4 is 5.91 Å². The van der Waals surface area contributed by atoms with Crippen LogP contribution in [-0.2, 0) is 11.0 Å². The van der Waals surface area contributed by atoms with E-state index in [1.807, 2.05) is 0 Å². The first kappa shape index (κ1) is 15.3. The molecule has 0 aliphatic rings. The summed E-state index contributed by atoms with van der Waals surface area (Å²) in [5.74, 6) is -0.0761. The molecule has 2 N–H and O–H groups in total. The fourth-order valence-corrected chi connectivity index (χ4v) is 1.34. The highest BCUT2D eigenvalue weighted by molar-refractivity contribution is 5.77. The average molecular weight is 276 g/mol. The van der Waals surface area contributed by atoms with E-state index in [0.717, 1.165) is 12.1 Å². The smallest absolute Gasteiger partial charge is 0.416 e.